The van der Waals surface area contributed by atoms with Crippen LogP contribution in [0.5, 0.6) is 0 Å². The van der Waals surface area contributed by atoms with Crippen LogP contribution >= 0.6 is 0 Å². The van der Waals surface area contributed by atoms with Gasteiger partial charge in [0.25, 0.3) is 0 Å². The van der Waals surface area contributed by atoms with E-state index in [2.05, 4.69) is 22.0 Å². The molecule has 2 atom stereocenters. The second kappa shape index (κ2) is 7.38. The van der Waals surface area contributed by atoms with Crippen LogP contribution in [-0.2, 0) is 11.3 Å². The summed E-state index contributed by atoms with van der Waals surface area (Å²) in [4.78, 5) is 14.0. The topological polar surface area (TPSA) is 84.8 Å². The SMILES string of the molecule is C[C@@H](Cn1ccc2cc(C#N)ccc21)NCC(=O)N1CCC[C@H]1C#N. The average molecular weight is 335 g/mol. The van der Waals surface area contributed by atoms with Crippen molar-refractivity contribution in [1.29, 1.82) is 10.5 Å². The van der Waals surface area contributed by atoms with E-state index in [1.165, 1.54) is 0 Å². The van der Waals surface area contributed by atoms with E-state index >= 15 is 0 Å². The molecule has 128 valence electrons. The van der Waals surface area contributed by atoms with E-state index in [1.54, 1.807) is 4.90 Å². The molecule has 0 unspecified atom stereocenters. The van der Waals surface area contributed by atoms with Crippen molar-refractivity contribution in [3.05, 3.63) is 36.0 Å². The van der Waals surface area contributed by atoms with E-state index in [0.29, 0.717) is 12.1 Å². The minimum atomic E-state index is -0.271. The fourth-order valence-corrected chi connectivity index (χ4v) is 3.35. The number of carbonyl (C=O) groups is 1. The number of rotatable bonds is 5. The first-order chi connectivity index (χ1) is 12.1. The lowest BCUT2D eigenvalue weighted by Crippen LogP contribution is -2.43. The number of carbonyl (C=O) groups excluding carboxylic acids is 1. The van der Waals surface area contributed by atoms with Crippen molar-refractivity contribution in [3.8, 4) is 12.1 Å². The lowest BCUT2D eigenvalue weighted by atomic mass is 10.2. The molecule has 0 spiro atoms. The predicted octanol–water partition coefficient (Wildman–Crippen LogP) is 2.01. The van der Waals surface area contributed by atoms with Gasteiger partial charge in [-0.25, -0.2) is 0 Å². The van der Waals surface area contributed by atoms with E-state index in [-0.39, 0.29) is 24.5 Å². The third-order valence-electron chi connectivity index (χ3n) is 4.69. The predicted molar refractivity (Wildman–Crippen MR) is 94.5 cm³/mol. The van der Waals surface area contributed by atoms with Gasteiger partial charge < -0.3 is 14.8 Å². The Hall–Kier alpha value is -2.83. The number of amides is 1. The standard InChI is InChI=1S/C19H21N5O/c1-14(22-12-19(25)24-7-2-3-17(24)11-21)13-23-8-6-16-9-15(10-20)4-5-18(16)23/h4-6,8-9,14,17,22H,2-3,7,12-13H2,1H3/t14-,17-/m0/s1. The third-order valence-corrected chi connectivity index (χ3v) is 4.69. The molecule has 1 aliphatic heterocycles. The highest BCUT2D eigenvalue weighted by Crippen LogP contribution is 2.18. The van der Waals surface area contributed by atoms with Crippen LogP contribution in [0.25, 0.3) is 10.9 Å². The lowest BCUT2D eigenvalue weighted by Gasteiger charge is -2.21. The van der Waals surface area contributed by atoms with Gasteiger partial charge in [0.1, 0.15) is 6.04 Å². The first kappa shape index (κ1) is 17.0. The monoisotopic (exact) mass is 335 g/mol. The Labute approximate surface area is 147 Å². The van der Waals surface area contributed by atoms with Crippen molar-refractivity contribution in [2.45, 2.75) is 38.4 Å². The van der Waals surface area contributed by atoms with Crippen LogP contribution in [0.15, 0.2) is 30.5 Å². The minimum Gasteiger partial charge on any atom is -0.346 e. The quantitative estimate of drug-likeness (QED) is 0.906. The number of hydrogen-bond acceptors (Lipinski definition) is 4. The zero-order valence-corrected chi connectivity index (χ0v) is 14.3. The van der Waals surface area contributed by atoms with Gasteiger partial charge in [0.2, 0.25) is 5.91 Å². The van der Waals surface area contributed by atoms with Gasteiger partial charge in [-0.2, -0.15) is 10.5 Å². The zero-order valence-electron chi connectivity index (χ0n) is 14.3. The molecule has 0 saturated carbocycles. The van der Waals surface area contributed by atoms with E-state index in [1.807, 2.05) is 37.4 Å². The first-order valence-electron chi connectivity index (χ1n) is 8.54. The lowest BCUT2D eigenvalue weighted by molar-refractivity contribution is -0.130. The molecule has 1 aliphatic rings. The molecule has 0 aliphatic carbocycles. The Bertz CT molecular complexity index is 857. The highest BCUT2D eigenvalue weighted by atomic mass is 16.2. The maximum atomic E-state index is 12.3. The van der Waals surface area contributed by atoms with Gasteiger partial charge in [-0.1, -0.05) is 0 Å². The molecule has 1 aromatic heterocycles. The number of nitrogens with zero attached hydrogens (tertiary/aromatic N) is 4. The summed E-state index contributed by atoms with van der Waals surface area (Å²) in [6, 6.07) is 11.8. The Kier molecular flexibility index (Phi) is 5.02. The van der Waals surface area contributed by atoms with Gasteiger partial charge in [-0.15, -0.1) is 0 Å². The summed E-state index contributed by atoms with van der Waals surface area (Å²) in [5.41, 5.74) is 1.72. The number of likely N-dealkylation sites (tertiary alicyclic amines) is 1. The van der Waals surface area contributed by atoms with Gasteiger partial charge in [-0.05, 0) is 44.0 Å². The van der Waals surface area contributed by atoms with Gasteiger partial charge in [-0.3, -0.25) is 4.79 Å². The van der Waals surface area contributed by atoms with E-state index in [4.69, 9.17) is 10.5 Å². The number of aromatic nitrogens is 1. The summed E-state index contributed by atoms with van der Waals surface area (Å²) < 4.78 is 2.12. The van der Waals surface area contributed by atoms with Gasteiger partial charge in [0.05, 0.1) is 24.2 Å². The molecule has 2 aromatic rings. The number of hydrogen-bond donors (Lipinski definition) is 1. The Morgan fingerprint density at radius 1 is 1.40 bits per heavy atom. The van der Waals surface area contributed by atoms with Crippen molar-refractivity contribution in [2.75, 3.05) is 13.1 Å². The average Bonchev–Trinajstić information content (AvgIpc) is 3.26. The normalized spacial score (nSPS) is 18.0. The van der Waals surface area contributed by atoms with Crippen LogP contribution in [0.2, 0.25) is 0 Å². The Morgan fingerprint density at radius 3 is 3.00 bits per heavy atom. The molecule has 1 aromatic carbocycles. The van der Waals surface area contributed by atoms with Crippen LogP contribution in [-0.4, -0.2) is 40.5 Å². The van der Waals surface area contributed by atoms with Crippen LogP contribution in [0.4, 0.5) is 0 Å². The largest absolute Gasteiger partial charge is 0.346 e. The van der Waals surface area contributed by atoms with Crippen molar-refractivity contribution in [1.82, 2.24) is 14.8 Å². The van der Waals surface area contributed by atoms with E-state index in [0.717, 1.165) is 30.3 Å². The third kappa shape index (κ3) is 3.65. The first-order valence-corrected chi connectivity index (χ1v) is 8.54. The fraction of sp³-hybridized carbons (Fsp3) is 0.421. The maximum Gasteiger partial charge on any atom is 0.237 e. The molecule has 0 bridgehead atoms. The van der Waals surface area contributed by atoms with Crippen LogP contribution in [0, 0.1) is 22.7 Å². The number of nitrogens with one attached hydrogen (secondary N) is 1. The number of benzene rings is 1. The van der Waals surface area contributed by atoms with Crippen LogP contribution in [0.1, 0.15) is 25.3 Å². The van der Waals surface area contributed by atoms with Crippen molar-refractivity contribution < 1.29 is 4.79 Å². The summed E-state index contributed by atoms with van der Waals surface area (Å²) in [6.45, 7) is 3.69. The molecule has 0 radical (unpaired) electrons. The molecule has 6 heteroatoms. The Balaban J connectivity index is 1.58. The second-order valence-electron chi connectivity index (χ2n) is 6.51. The number of nitriles is 2. The number of fused-ring (bicyclic) bond motifs is 1. The van der Waals surface area contributed by atoms with Gasteiger partial charge in [0, 0.05) is 36.2 Å². The van der Waals surface area contributed by atoms with Crippen LogP contribution in [0.3, 0.4) is 0 Å². The van der Waals surface area contributed by atoms with Gasteiger partial charge in [0.15, 0.2) is 0 Å². The van der Waals surface area contributed by atoms with Crippen molar-refractivity contribution >= 4 is 16.8 Å². The highest BCUT2D eigenvalue weighted by Gasteiger charge is 2.28. The van der Waals surface area contributed by atoms with E-state index < -0.39 is 0 Å². The smallest absolute Gasteiger partial charge is 0.237 e. The van der Waals surface area contributed by atoms with Crippen LogP contribution < -0.4 is 5.32 Å². The zero-order chi connectivity index (χ0) is 17.8. The molecule has 3 rings (SSSR count). The van der Waals surface area contributed by atoms with Gasteiger partial charge >= 0.3 is 0 Å². The molecule has 2 heterocycles. The minimum absolute atomic E-state index is 0.00748. The Morgan fingerprint density at radius 2 is 2.24 bits per heavy atom. The second-order valence-corrected chi connectivity index (χ2v) is 6.51. The van der Waals surface area contributed by atoms with E-state index in [9.17, 15) is 4.79 Å². The molecular weight excluding hydrogens is 314 g/mol. The summed E-state index contributed by atoms with van der Waals surface area (Å²) in [7, 11) is 0. The maximum absolute atomic E-state index is 12.3. The van der Waals surface area contributed by atoms with Crippen molar-refractivity contribution in [2.24, 2.45) is 0 Å². The summed E-state index contributed by atoms with van der Waals surface area (Å²) >= 11 is 0. The molecular formula is C19H21N5O. The fourth-order valence-electron chi connectivity index (χ4n) is 3.35. The van der Waals surface area contributed by atoms with Crippen molar-refractivity contribution in [3.63, 3.8) is 0 Å². The summed E-state index contributed by atoms with van der Waals surface area (Å²) in [5.74, 6) is -0.00748. The summed E-state index contributed by atoms with van der Waals surface area (Å²) in [5, 5.41) is 22.4. The molecule has 1 fully saturated rings. The molecule has 1 N–H and O–H groups in total. The molecule has 6 nitrogen and oxygen atoms in total. The highest BCUT2D eigenvalue weighted by molar-refractivity contribution is 5.81. The summed E-state index contributed by atoms with van der Waals surface area (Å²) in [6.07, 6.45) is 3.68. The molecule has 1 saturated heterocycles. The molecule has 1 amide bonds. The molecule has 25 heavy (non-hydrogen) atoms.